The molecule has 0 heterocycles. The lowest BCUT2D eigenvalue weighted by Crippen LogP contribution is -2.16. The van der Waals surface area contributed by atoms with Crippen LogP contribution in [0.15, 0.2) is 48.5 Å². The molecule has 3 nitrogen and oxygen atoms in total. The van der Waals surface area contributed by atoms with Gasteiger partial charge in [-0.15, -0.1) is 0 Å². The molecule has 0 aliphatic carbocycles. The van der Waals surface area contributed by atoms with E-state index in [4.69, 9.17) is 9.47 Å². The predicted molar refractivity (Wildman–Crippen MR) is 86.7 cm³/mol. The molecular weight excluding hydrogens is 339 g/mol. The molecule has 0 aliphatic heterocycles. The molecule has 0 unspecified atom stereocenters. The van der Waals surface area contributed by atoms with Crippen LogP contribution in [0.25, 0.3) is 0 Å². The van der Waals surface area contributed by atoms with E-state index in [1.807, 2.05) is 48.5 Å². The number of benzene rings is 2. The molecule has 0 spiro atoms. The monoisotopic (exact) mass is 354 g/mol. The van der Waals surface area contributed by atoms with Crippen molar-refractivity contribution in [2.45, 2.75) is 0 Å². The summed E-state index contributed by atoms with van der Waals surface area (Å²) in [6.45, 7) is 0. The van der Waals surface area contributed by atoms with E-state index in [9.17, 15) is 4.57 Å². The number of hydrogen-bond acceptors (Lipinski definition) is 3. The molecule has 0 fully saturated rings. The summed E-state index contributed by atoms with van der Waals surface area (Å²) in [6, 6.07) is 14.7. The van der Waals surface area contributed by atoms with E-state index in [1.165, 1.54) is 0 Å². The highest BCUT2D eigenvalue weighted by molar-refractivity contribution is 9.10. The maximum Gasteiger partial charge on any atom is 0.153 e. The first-order valence-corrected chi connectivity index (χ1v) is 9.09. The zero-order valence-corrected chi connectivity index (χ0v) is 13.9. The Bertz CT molecular complexity index is 557. The minimum Gasteiger partial charge on any atom is -0.497 e. The Morgan fingerprint density at radius 3 is 1.45 bits per heavy atom. The number of methoxy groups -OCH3 is 2. The molecule has 0 amide bonds. The minimum atomic E-state index is -2.66. The fourth-order valence-electron chi connectivity index (χ4n) is 1.93. The molecule has 0 radical (unpaired) electrons. The highest BCUT2D eigenvalue weighted by Crippen LogP contribution is 2.45. The molecule has 0 atom stereocenters. The molecule has 0 bridgehead atoms. The van der Waals surface area contributed by atoms with Crippen LogP contribution < -0.4 is 20.1 Å². The van der Waals surface area contributed by atoms with Crippen molar-refractivity contribution in [3.63, 3.8) is 0 Å². The molecule has 20 heavy (non-hydrogen) atoms. The summed E-state index contributed by atoms with van der Waals surface area (Å²) in [5, 5.41) is 2.01. The molecule has 2 rings (SSSR count). The summed E-state index contributed by atoms with van der Waals surface area (Å²) in [5.41, 5.74) is 0. The molecule has 0 saturated heterocycles. The van der Waals surface area contributed by atoms with Gasteiger partial charge in [-0.25, -0.2) is 0 Å². The number of halogens is 1. The van der Waals surface area contributed by atoms with Gasteiger partial charge in [-0.05, 0) is 48.5 Å². The second-order valence-corrected chi connectivity index (χ2v) is 8.51. The van der Waals surface area contributed by atoms with Crippen molar-refractivity contribution >= 4 is 33.7 Å². The highest BCUT2D eigenvalue weighted by Gasteiger charge is 2.25. The van der Waals surface area contributed by atoms with E-state index in [0.717, 1.165) is 22.1 Å². The average Bonchev–Trinajstić information content (AvgIpc) is 2.54. The van der Waals surface area contributed by atoms with Crippen LogP contribution in [0.1, 0.15) is 0 Å². The number of ether oxygens (including phenoxy) is 2. The standard InChI is InChI=1S/C15H16BrO3P/c1-18-12-3-7-14(8-4-12)20(17,11-16)15-9-5-13(19-2)6-10-15/h3-10H,11H2,1-2H3. The van der Waals surface area contributed by atoms with Gasteiger partial charge >= 0.3 is 0 Å². The van der Waals surface area contributed by atoms with Gasteiger partial charge in [-0.2, -0.15) is 0 Å². The fourth-order valence-corrected chi connectivity index (χ4v) is 5.51. The first-order chi connectivity index (χ1) is 9.63. The van der Waals surface area contributed by atoms with Gasteiger partial charge in [-0.1, -0.05) is 15.9 Å². The first kappa shape index (κ1) is 15.1. The van der Waals surface area contributed by atoms with Crippen molar-refractivity contribution in [1.29, 1.82) is 0 Å². The van der Waals surface area contributed by atoms with Crippen LogP contribution in [0.2, 0.25) is 0 Å². The van der Waals surface area contributed by atoms with Crippen LogP contribution in [0.4, 0.5) is 0 Å². The maximum absolute atomic E-state index is 13.3. The van der Waals surface area contributed by atoms with Crippen LogP contribution in [0.5, 0.6) is 11.5 Å². The molecule has 0 aromatic heterocycles. The van der Waals surface area contributed by atoms with Gasteiger partial charge in [0.25, 0.3) is 0 Å². The maximum atomic E-state index is 13.3. The minimum absolute atomic E-state index is 0.401. The topological polar surface area (TPSA) is 35.5 Å². The summed E-state index contributed by atoms with van der Waals surface area (Å²) in [7, 11) is 0.567. The highest BCUT2D eigenvalue weighted by atomic mass is 79.9. The van der Waals surface area contributed by atoms with E-state index in [0.29, 0.717) is 5.07 Å². The Labute approximate surface area is 127 Å². The van der Waals surface area contributed by atoms with Crippen molar-refractivity contribution < 1.29 is 14.0 Å². The SMILES string of the molecule is COc1ccc(P(=O)(CBr)c2ccc(OC)cc2)cc1. The first-order valence-electron chi connectivity index (χ1n) is 6.08. The van der Waals surface area contributed by atoms with E-state index >= 15 is 0 Å². The quantitative estimate of drug-likeness (QED) is 0.610. The summed E-state index contributed by atoms with van der Waals surface area (Å²) in [5.74, 6) is 1.51. The Morgan fingerprint density at radius 2 is 1.20 bits per heavy atom. The predicted octanol–water partition coefficient (Wildman–Crippen LogP) is 3.37. The smallest absolute Gasteiger partial charge is 0.153 e. The van der Waals surface area contributed by atoms with Crippen LogP contribution in [-0.2, 0) is 4.57 Å². The van der Waals surface area contributed by atoms with Crippen LogP contribution in [-0.4, -0.2) is 19.3 Å². The van der Waals surface area contributed by atoms with Gasteiger partial charge in [-0.3, -0.25) is 0 Å². The number of rotatable bonds is 5. The van der Waals surface area contributed by atoms with Gasteiger partial charge in [0.1, 0.15) is 11.5 Å². The summed E-state index contributed by atoms with van der Waals surface area (Å²) in [4.78, 5) is 0. The molecule has 5 heteroatoms. The van der Waals surface area contributed by atoms with Crippen molar-refractivity contribution in [2.75, 3.05) is 19.3 Å². The third-order valence-electron chi connectivity index (χ3n) is 3.15. The van der Waals surface area contributed by atoms with Crippen molar-refractivity contribution in [1.82, 2.24) is 0 Å². The summed E-state index contributed by atoms with van der Waals surface area (Å²) >= 11 is 3.39. The van der Waals surface area contributed by atoms with Crippen LogP contribution >= 0.6 is 23.1 Å². The van der Waals surface area contributed by atoms with Crippen LogP contribution in [0, 0.1) is 0 Å². The van der Waals surface area contributed by atoms with Crippen molar-refractivity contribution in [3.8, 4) is 11.5 Å². The van der Waals surface area contributed by atoms with E-state index in [2.05, 4.69) is 15.9 Å². The van der Waals surface area contributed by atoms with Gasteiger partial charge in [0.2, 0.25) is 0 Å². The lowest BCUT2D eigenvalue weighted by molar-refractivity contribution is 0.415. The van der Waals surface area contributed by atoms with Crippen molar-refractivity contribution in [2.24, 2.45) is 0 Å². The molecule has 2 aromatic rings. The Morgan fingerprint density at radius 1 is 0.850 bits per heavy atom. The largest absolute Gasteiger partial charge is 0.497 e. The molecule has 0 saturated carbocycles. The second-order valence-electron chi connectivity index (χ2n) is 4.26. The normalized spacial score (nSPS) is 11.2. The van der Waals surface area contributed by atoms with Gasteiger partial charge in [0.05, 0.1) is 19.3 Å². The molecule has 106 valence electrons. The molecule has 0 aliphatic rings. The third-order valence-corrected chi connectivity index (χ3v) is 7.87. The lowest BCUT2D eigenvalue weighted by atomic mass is 10.3. The third kappa shape index (κ3) is 2.92. The summed E-state index contributed by atoms with van der Waals surface area (Å²) in [6.07, 6.45) is 0. The van der Waals surface area contributed by atoms with Crippen LogP contribution in [0.3, 0.4) is 0 Å². The van der Waals surface area contributed by atoms with Gasteiger partial charge in [0, 0.05) is 10.6 Å². The summed E-state index contributed by atoms with van der Waals surface area (Å²) < 4.78 is 23.5. The van der Waals surface area contributed by atoms with E-state index in [1.54, 1.807) is 14.2 Å². The second kappa shape index (κ2) is 6.47. The Kier molecular flexibility index (Phi) is 4.90. The molecule has 2 aromatic carbocycles. The van der Waals surface area contributed by atoms with Gasteiger partial charge < -0.3 is 14.0 Å². The zero-order chi connectivity index (χ0) is 14.6. The van der Waals surface area contributed by atoms with Gasteiger partial charge in [0.15, 0.2) is 7.14 Å². The average molecular weight is 355 g/mol. The Balaban J connectivity index is 2.42. The fraction of sp³-hybridized carbons (Fsp3) is 0.200. The lowest BCUT2D eigenvalue weighted by Gasteiger charge is -2.17. The van der Waals surface area contributed by atoms with E-state index in [-0.39, 0.29) is 0 Å². The number of hydrogen-bond donors (Lipinski definition) is 0. The van der Waals surface area contributed by atoms with E-state index < -0.39 is 7.14 Å². The molecule has 0 N–H and O–H groups in total. The number of alkyl halides is 1. The van der Waals surface area contributed by atoms with Crippen molar-refractivity contribution in [3.05, 3.63) is 48.5 Å². The Hall–Kier alpha value is -1.25. The molecular formula is C15H16BrO3P. The zero-order valence-electron chi connectivity index (χ0n) is 11.4.